The Kier molecular flexibility index (Phi) is 4.58. The van der Waals surface area contributed by atoms with Crippen LogP contribution >= 0.6 is 0 Å². The fourth-order valence-corrected chi connectivity index (χ4v) is 5.13. The molecule has 1 aromatic rings. The van der Waals surface area contributed by atoms with Crippen molar-refractivity contribution in [3.63, 3.8) is 0 Å². The minimum Gasteiger partial charge on any atom is -0.341 e. The maximum absolute atomic E-state index is 12.6. The molecule has 24 heavy (non-hydrogen) atoms. The van der Waals surface area contributed by atoms with Crippen molar-refractivity contribution in [2.45, 2.75) is 25.4 Å². The SMILES string of the molecule is CN(C(=O)C1CC(=O)N(Cc2cccnc2)C1)C1CCS(=O)(=O)C1. The Labute approximate surface area is 141 Å². The molecule has 0 aromatic carbocycles. The van der Waals surface area contributed by atoms with Gasteiger partial charge >= 0.3 is 0 Å². The van der Waals surface area contributed by atoms with Gasteiger partial charge in [-0.3, -0.25) is 14.6 Å². The van der Waals surface area contributed by atoms with Crippen LogP contribution in [-0.2, 0) is 26.0 Å². The second kappa shape index (κ2) is 6.51. The van der Waals surface area contributed by atoms with Crippen molar-refractivity contribution >= 4 is 21.7 Å². The van der Waals surface area contributed by atoms with Crippen LogP contribution in [-0.4, -0.2) is 66.2 Å². The molecule has 130 valence electrons. The molecule has 2 amide bonds. The fourth-order valence-electron chi connectivity index (χ4n) is 3.35. The van der Waals surface area contributed by atoms with Gasteiger partial charge in [-0.1, -0.05) is 6.07 Å². The average molecular weight is 351 g/mol. The predicted molar refractivity (Wildman–Crippen MR) is 87.6 cm³/mol. The van der Waals surface area contributed by atoms with Gasteiger partial charge in [0.2, 0.25) is 11.8 Å². The van der Waals surface area contributed by atoms with E-state index in [2.05, 4.69) is 4.98 Å². The second-order valence-electron chi connectivity index (χ2n) is 6.54. The quantitative estimate of drug-likeness (QED) is 0.766. The first-order valence-corrected chi connectivity index (χ1v) is 9.81. The van der Waals surface area contributed by atoms with E-state index in [0.29, 0.717) is 19.5 Å². The van der Waals surface area contributed by atoms with E-state index in [0.717, 1.165) is 5.56 Å². The van der Waals surface area contributed by atoms with Crippen molar-refractivity contribution < 1.29 is 18.0 Å². The monoisotopic (exact) mass is 351 g/mol. The highest BCUT2D eigenvalue weighted by Gasteiger charge is 2.39. The molecule has 2 fully saturated rings. The summed E-state index contributed by atoms with van der Waals surface area (Å²) in [5, 5.41) is 0. The van der Waals surface area contributed by atoms with Crippen LogP contribution in [0.5, 0.6) is 0 Å². The van der Waals surface area contributed by atoms with Gasteiger partial charge in [0.25, 0.3) is 0 Å². The molecular formula is C16H21N3O4S. The van der Waals surface area contributed by atoms with Gasteiger partial charge in [0.1, 0.15) is 0 Å². The Morgan fingerprint density at radius 3 is 2.88 bits per heavy atom. The van der Waals surface area contributed by atoms with Crippen LogP contribution in [0.4, 0.5) is 0 Å². The van der Waals surface area contributed by atoms with Gasteiger partial charge in [0.15, 0.2) is 9.84 Å². The van der Waals surface area contributed by atoms with Crippen LogP contribution in [0.3, 0.4) is 0 Å². The number of pyridine rings is 1. The normalized spacial score (nSPS) is 25.9. The molecule has 0 aliphatic carbocycles. The molecule has 0 radical (unpaired) electrons. The van der Waals surface area contributed by atoms with Gasteiger partial charge in [-0.2, -0.15) is 0 Å². The third kappa shape index (κ3) is 3.58. The van der Waals surface area contributed by atoms with Crippen molar-refractivity contribution in [3.05, 3.63) is 30.1 Å². The highest BCUT2D eigenvalue weighted by Crippen LogP contribution is 2.24. The molecule has 0 saturated carbocycles. The Bertz CT molecular complexity index is 735. The van der Waals surface area contributed by atoms with Crippen molar-refractivity contribution in [2.24, 2.45) is 5.92 Å². The standard InChI is InChI=1S/C16H21N3O4S/c1-18(14-4-6-24(22,23)11-14)16(21)13-7-15(20)19(10-13)9-12-3-2-5-17-8-12/h2-3,5,8,13-14H,4,6-7,9-11H2,1H3. The lowest BCUT2D eigenvalue weighted by molar-refractivity contribution is -0.136. The molecule has 1 aromatic heterocycles. The van der Waals surface area contributed by atoms with E-state index in [1.54, 1.807) is 24.3 Å². The van der Waals surface area contributed by atoms with Gasteiger partial charge in [0.05, 0.1) is 17.4 Å². The molecule has 0 N–H and O–H groups in total. The minimum absolute atomic E-state index is 0.0231. The highest BCUT2D eigenvalue weighted by atomic mass is 32.2. The van der Waals surface area contributed by atoms with Crippen molar-refractivity contribution in [1.29, 1.82) is 0 Å². The Morgan fingerprint density at radius 1 is 1.46 bits per heavy atom. The van der Waals surface area contributed by atoms with Crippen LogP contribution in [0.1, 0.15) is 18.4 Å². The zero-order chi connectivity index (χ0) is 17.3. The topological polar surface area (TPSA) is 87.7 Å². The number of rotatable bonds is 4. The first-order chi connectivity index (χ1) is 11.4. The van der Waals surface area contributed by atoms with E-state index in [1.165, 1.54) is 4.90 Å². The number of carbonyl (C=O) groups is 2. The Hall–Kier alpha value is -1.96. The predicted octanol–water partition coefficient (Wildman–Crippen LogP) is 0.0756. The number of carbonyl (C=O) groups excluding carboxylic acids is 2. The van der Waals surface area contributed by atoms with Crippen LogP contribution in [0.15, 0.2) is 24.5 Å². The summed E-state index contributed by atoms with van der Waals surface area (Å²) < 4.78 is 23.2. The lowest BCUT2D eigenvalue weighted by Gasteiger charge is -2.26. The van der Waals surface area contributed by atoms with E-state index in [-0.39, 0.29) is 35.8 Å². The van der Waals surface area contributed by atoms with Gasteiger partial charge in [-0.05, 0) is 18.1 Å². The van der Waals surface area contributed by atoms with Crippen molar-refractivity contribution in [2.75, 3.05) is 25.1 Å². The number of nitrogens with zero attached hydrogens (tertiary/aromatic N) is 3. The summed E-state index contributed by atoms with van der Waals surface area (Å²) in [5.74, 6) is -0.437. The van der Waals surface area contributed by atoms with Gasteiger partial charge in [0, 0.05) is 45.0 Å². The van der Waals surface area contributed by atoms with Crippen LogP contribution in [0.25, 0.3) is 0 Å². The zero-order valence-electron chi connectivity index (χ0n) is 13.6. The maximum atomic E-state index is 12.6. The second-order valence-corrected chi connectivity index (χ2v) is 8.77. The van der Waals surface area contributed by atoms with E-state index in [1.807, 2.05) is 12.1 Å². The molecule has 2 unspecified atom stereocenters. The summed E-state index contributed by atoms with van der Waals surface area (Å²) in [7, 11) is -1.40. The fraction of sp³-hybridized carbons (Fsp3) is 0.562. The summed E-state index contributed by atoms with van der Waals surface area (Å²) in [5.41, 5.74) is 0.925. The smallest absolute Gasteiger partial charge is 0.228 e. The largest absolute Gasteiger partial charge is 0.341 e. The summed E-state index contributed by atoms with van der Waals surface area (Å²) in [6.45, 7) is 0.814. The number of hydrogen-bond donors (Lipinski definition) is 0. The van der Waals surface area contributed by atoms with Gasteiger partial charge < -0.3 is 9.80 Å². The maximum Gasteiger partial charge on any atom is 0.228 e. The summed E-state index contributed by atoms with van der Waals surface area (Å²) in [4.78, 5) is 32.0. The van der Waals surface area contributed by atoms with Gasteiger partial charge in [-0.25, -0.2) is 8.42 Å². The van der Waals surface area contributed by atoms with E-state index in [9.17, 15) is 18.0 Å². The lowest BCUT2D eigenvalue weighted by Crippen LogP contribution is -2.42. The van der Waals surface area contributed by atoms with E-state index < -0.39 is 15.8 Å². The average Bonchev–Trinajstić information content (AvgIpc) is 3.10. The molecule has 2 aliphatic rings. The molecule has 3 heterocycles. The summed E-state index contributed by atoms with van der Waals surface area (Å²) >= 11 is 0. The Morgan fingerprint density at radius 2 is 2.25 bits per heavy atom. The molecule has 2 saturated heterocycles. The van der Waals surface area contributed by atoms with E-state index >= 15 is 0 Å². The lowest BCUT2D eigenvalue weighted by atomic mass is 10.1. The number of sulfone groups is 1. The van der Waals surface area contributed by atoms with Crippen LogP contribution < -0.4 is 0 Å². The number of aromatic nitrogens is 1. The molecule has 3 rings (SSSR count). The molecular weight excluding hydrogens is 330 g/mol. The third-order valence-corrected chi connectivity index (χ3v) is 6.51. The first kappa shape index (κ1) is 16.9. The minimum atomic E-state index is -3.04. The van der Waals surface area contributed by atoms with Crippen LogP contribution in [0, 0.1) is 5.92 Å². The molecule has 7 nitrogen and oxygen atoms in total. The first-order valence-electron chi connectivity index (χ1n) is 7.99. The number of amides is 2. The molecule has 2 aliphatic heterocycles. The molecule has 2 atom stereocenters. The molecule has 8 heteroatoms. The van der Waals surface area contributed by atoms with Crippen molar-refractivity contribution in [3.8, 4) is 0 Å². The van der Waals surface area contributed by atoms with E-state index in [4.69, 9.17) is 0 Å². The van der Waals surface area contributed by atoms with Crippen molar-refractivity contribution in [1.82, 2.24) is 14.8 Å². The summed E-state index contributed by atoms with van der Waals surface area (Å²) in [6, 6.07) is 3.43. The highest BCUT2D eigenvalue weighted by molar-refractivity contribution is 7.91. The zero-order valence-corrected chi connectivity index (χ0v) is 14.4. The Balaban J connectivity index is 1.61. The summed E-state index contributed by atoms with van der Waals surface area (Å²) in [6.07, 6.45) is 4.04. The third-order valence-electron chi connectivity index (χ3n) is 4.76. The number of hydrogen-bond acceptors (Lipinski definition) is 5. The number of likely N-dealkylation sites (tertiary alicyclic amines) is 1. The van der Waals surface area contributed by atoms with Gasteiger partial charge in [-0.15, -0.1) is 0 Å². The molecule has 0 spiro atoms. The van der Waals surface area contributed by atoms with Crippen LogP contribution in [0.2, 0.25) is 0 Å². The molecule has 0 bridgehead atoms.